The molecule has 0 aromatic heterocycles. The highest BCUT2D eigenvalue weighted by Crippen LogP contribution is 2.24. The van der Waals surface area contributed by atoms with E-state index in [0.29, 0.717) is 49.4 Å². The number of carboxylic acids is 1. The molecule has 0 saturated heterocycles. The third kappa shape index (κ3) is 6.06. The van der Waals surface area contributed by atoms with E-state index < -0.39 is 5.97 Å². The van der Waals surface area contributed by atoms with Crippen molar-refractivity contribution in [2.45, 2.75) is 45.6 Å². The minimum Gasteiger partial charge on any atom is -0.481 e. The van der Waals surface area contributed by atoms with Crippen molar-refractivity contribution in [2.75, 3.05) is 11.9 Å². The predicted molar refractivity (Wildman–Crippen MR) is 99.1 cm³/mol. The van der Waals surface area contributed by atoms with E-state index in [4.69, 9.17) is 5.11 Å². The molecule has 1 aromatic rings. The van der Waals surface area contributed by atoms with Gasteiger partial charge in [-0.3, -0.25) is 9.59 Å². The van der Waals surface area contributed by atoms with Crippen LogP contribution in [0.3, 0.4) is 0 Å². The molecule has 0 unspecified atom stereocenters. The summed E-state index contributed by atoms with van der Waals surface area (Å²) in [6.45, 7) is 4.67. The molecule has 1 fully saturated rings. The van der Waals surface area contributed by atoms with Gasteiger partial charge in [-0.15, -0.1) is 0 Å². The van der Waals surface area contributed by atoms with Crippen LogP contribution in [0.1, 0.15) is 49.9 Å². The molecule has 1 saturated carbocycles. The largest absolute Gasteiger partial charge is 0.481 e. The lowest BCUT2D eigenvalue weighted by Crippen LogP contribution is -2.41. The molecule has 142 valence electrons. The molecule has 0 atom stereocenters. The lowest BCUT2D eigenvalue weighted by Gasteiger charge is -2.26. The van der Waals surface area contributed by atoms with E-state index in [1.807, 2.05) is 13.8 Å². The van der Waals surface area contributed by atoms with Crippen molar-refractivity contribution in [3.63, 3.8) is 0 Å². The Kier molecular flexibility index (Phi) is 7.00. The lowest BCUT2D eigenvalue weighted by molar-refractivity contribution is -0.142. The van der Waals surface area contributed by atoms with Crippen LogP contribution in [-0.4, -0.2) is 35.6 Å². The van der Waals surface area contributed by atoms with Gasteiger partial charge in [-0.25, -0.2) is 4.79 Å². The minimum atomic E-state index is -0.759. The molecule has 7 nitrogen and oxygen atoms in total. The topological polar surface area (TPSA) is 108 Å². The monoisotopic (exact) mass is 361 g/mol. The Morgan fingerprint density at radius 1 is 1.08 bits per heavy atom. The van der Waals surface area contributed by atoms with E-state index in [2.05, 4.69) is 16.0 Å². The molecule has 0 bridgehead atoms. The molecule has 4 N–H and O–H groups in total. The van der Waals surface area contributed by atoms with Gasteiger partial charge in [0.15, 0.2) is 0 Å². The van der Waals surface area contributed by atoms with Crippen molar-refractivity contribution in [2.24, 2.45) is 11.8 Å². The number of urea groups is 1. The summed E-state index contributed by atoms with van der Waals surface area (Å²) in [5.74, 6) is -0.810. The van der Waals surface area contributed by atoms with Gasteiger partial charge in [-0.05, 0) is 55.9 Å². The highest BCUT2D eigenvalue weighted by molar-refractivity contribution is 5.95. The number of hydrogen-bond acceptors (Lipinski definition) is 3. The van der Waals surface area contributed by atoms with E-state index in [9.17, 15) is 14.4 Å². The van der Waals surface area contributed by atoms with E-state index in [0.717, 1.165) is 0 Å². The van der Waals surface area contributed by atoms with E-state index >= 15 is 0 Å². The van der Waals surface area contributed by atoms with E-state index in [-0.39, 0.29) is 23.9 Å². The Balaban J connectivity index is 1.79. The molecule has 0 radical (unpaired) electrons. The summed E-state index contributed by atoms with van der Waals surface area (Å²) in [6, 6.07) is 6.38. The van der Waals surface area contributed by atoms with Gasteiger partial charge in [0, 0.05) is 23.8 Å². The molecular formula is C19H27N3O4. The molecule has 2 rings (SSSR count). The molecule has 1 aliphatic carbocycles. The van der Waals surface area contributed by atoms with Crippen molar-refractivity contribution in [1.29, 1.82) is 0 Å². The first kappa shape index (κ1) is 19.8. The average molecular weight is 361 g/mol. The molecule has 7 heteroatoms. The maximum Gasteiger partial charge on any atom is 0.319 e. The standard InChI is InChI=1S/C19H27N3O4/c1-12(2)11-20-17(23)13-3-7-15(8-4-13)21-19(26)22-16-9-5-14(6-10-16)18(24)25/h3-4,7-8,12,14,16H,5-6,9-11H2,1-2H3,(H,20,23)(H,24,25)(H2,21,22,26). The molecular weight excluding hydrogens is 334 g/mol. The Bertz CT molecular complexity index is 635. The Morgan fingerprint density at radius 2 is 1.69 bits per heavy atom. The first-order chi connectivity index (χ1) is 12.3. The molecule has 0 spiro atoms. The number of nitrogens with one attached hydrogen (secondary N) is 3. The number of carbonyl (C=O) groups excluding carboxylic acids is 2. The molecule has 26 heavy (non-hydrogen) atoms. The van der Waals surface area contributed by atoms with Gasteiger partial charge in [0.1, 0.15) is 0 Å². The lowest BCUT2D eigenvalue weighted by atomic mass is 9.86. The highest BCUT2D eigenvalue weighted by atomic mass is 16.4. The molecule has 3 amide bonds. The zero-order valence-electron chi connectivity index (χ0n) is 15.2. The van der Waals surface area contributed by atoms with Crippen LogP contribution in [-0.2, 0) is 4.79 Å². The maximum atomic E-state index is 12.1. The van der Waals surface area contributed by atoms with Crippen LogP contribution in [0.2, 0.25) is 0 Å². The van der Waals surface area contributed by atoms with Gasteiger partial charge in [-0.1, -0.05) is 13.8 Å². The zero-order chi connectivity index (χ0) is 19.1. The maximum absolute atomic E-state index is 12.1. The van der Waals surface area contributed by atoms with Gasteiger partial charge >= 0.3 is 12.0 Å². The van der Waals surface area contributed by atoms with Crippen molar-refractivity contribution in [1.82, 2.24) is 10.6 Å². The summed E-state index contributed by atoms with van der Waals surface area (Å²) in [6.07, 6.45) is 2.50. The number of rotatable bonds is 6. The Morgan fingerprint density at radius 3 is 2.23 bits per heavy atom. The van der Waals surface area contributed by atoms with E-state index in [1.165, 1.54) is 0 Å². The zero-order valence-corrected chi connectivity index (χ0v) is 15.2. The second-order valence-electron chi connectivity index (χ2n) is 7.17. The number of amides is 3. The first-order valence-corrected chi connectivity index (χ1v) is 9.03. The normalized spacial score (nSPS) is 19.7. The number of aliphatic carboxylic acids is 1. The molecule has 1 aliphatic rings. The van der Waals surface area contributed by atoms with Gasteiger partial charge in [0.05, 0.1) is 5.92 Å². The summed E-state index contributed by atoms with van der Waals surface area (Å²) < 4.78 is 0. The fourth-order valence-corrected chi connectivity index (χ4v) is 2.94. The summed E-state index contributed by atoms with van der Waals surface area (Å²) in [5.41, 5.74) is 1.14. The van der Waals surface area contributed by atoms with Gasteiger partial charge in [0.2, 0.25) is 0 Å². The van der Waals surface area contributed by atoms with Crippen molar-refractivity contribution < 1.29 is 19.5 Å². The van der Waals surface area contributed by atoms with Crippen LogP contribution in [0.15, 0.2) is 24.3 Å². The number of benzene rings is 1. The summed E-state index contributed by atoms with van der Waals surface area (Å²) in [4.78, 5) is 35.0. The SMILES string of the molecule is CC(C)CNC(=O)c1ccc(NC(=O)NC2CCC(C(=O)O)CC2)cc1. The average Bonchev–Trinajstić information content (AvgIpc) is 2.60. The third-order valence-corrected chi connectivity index (χ3v) is 4.49. The minimum absolute atomic E-state index is 0.00770. The van der Waals surface area contributed by atoms with Crippen molar-refractivity contribution in [3.05, 3.63) is 29.8 Å². The number of hydrogen-bond donors (Lipinski definition) is 4. The van der Waals surface area contributed by atoms with Crippen LogP contribution in [0.4, 0.5) is 10.5 Å². The summed E-state index contributed by atoms with van der Waals surface area (Å²) in [7, 11) is 0. The second kappa shape index (κ2) is 9.22. The predicted octanol–water partition coefficient (Wildman–Crippen LogP) is 2.84. The van der Waals surface area contributed by atoms with Crippen molar-refractivity contribution in [3.8, 4) is 0 Å². The quantitative estimate of drug-likeness (QED) is 0.625. The Hall–Kier alpha value is -2.57. The van der Waals surface area contributed by atoms with Gasteiger partial charge < -0.3 is 21.1 Å². The van der Waals surface area contributed by atoms with Gasteiger partial charge in [0.25, 0.3) is 5.91 Å². The molecule has 1 aromatic carbocycles. The molecule has 0 heterocycles. The summed E-state index contributed by atoms with van der Waals surface area (Å²) >= 11 is 0. The van der Waals surface area contributed by atoms with Crippen LogP contribution >= 0.6 is 0 Å². The summed E-state index contributed by atoms with van der Waals surface area (Å²) in [5, 5.41) is 17.5. The van der Waals surface area contributed by atoms with Crippen molar-refractivity contribution >= 4 is 23.6 Å². The number of carboxylic acid groups (broad SMARTS) is 1. The van der Waals surface area contributed by atoms with Crippen LogP contribution < -0.4 is 16.0 Å². The second-order valence-corrected chi connectivity index (χ2v) is 7.17. The Labute approximate surface area is 153 Å². The fraction of sp³-hybridized carbons (Fsp3) is 0.526. The highest BCUT2D eigenvalue weighted by Gasteiger charge is 2.26. The van der Waals surface area contributed by atoms with Gasteiger partial charge in [-0.2, -0.15) is 0 Å². The molecule has 0 aliphatic heterocycles. The third-order valence-electron chi connectivity index (χ3n) is 4.49. The van der Waals surface area contributed by atoms with Crippen LogP contribution in [0.25, 0.3) is 0 Å². The first-order valence-electron chi connectivity index (χ1n) is 9.03. The smallest absolute Gasteiger partial charge is 0.319 e. The van der Waals surface area contributed by atoms with E-state index in [1.54, 1.807) is 24.3 Å². The number of carbonyl (C=O) groups is 3. The number of anilines is 1. The van der Waals surface area contributed by atoms with Crippen LogP contribution in [0, 0.1) is 11.8 Å². The van der Waals surface area contributed by atoms with Crippen LogP contribution in [0.5, 0.6) is 0 Å². The fourth-order valence-electron chi connectivity index (χ4n) is 2.94.